The van der Waals surface area contributed by atoms with Crippen LogP contribution in [-0.4, -0.2) is 56.4 Å². The van der Waals surface area contributed by atoms with Crippen molar-refractivity contribution in [2.24, 2.45) is 0 Å². The minimum absolute atomic E-state index is 0.207. The standard InChI is InChI=1S/C20H24N4O4/c1-26-17-5-3-15(13-18(17)27-2)4-6-19(25)22-14-16-7-8-21-20(23-16)24-9-11-28-12-10-24/h3-8,13H,9-12,14H2,1-2H3,(H,22,25)/b6-4+. The number of amides is 1. The van der Waals surface area contributed by atoms with Gasteiger partial charge in [-0.15, -0.1) is 0 Å². The minimum Gasteiger partial charge on any atom is -0.493 e. The number of anilines is 1. The monoisotopic (exact) mass is 384 g/mol. The van der Waals surface area contributed by atoms with Crippen LogP contribution in [0.3, 0.4) is 0 Å². The second-order valence-corrected chi connectivity index (χ2v) is 6.11. The van der Waals surface area contributed by atoms with E-state index in [9.17, 15) is 4.79 Å². The molecule has 0 bridgehead atoms. The molecule has 2 heterocycles. The summed E-state index contributed by atoms with van der Waals surface area (Å²) >= 11 is 0. The van der Waals surface area contributed by atoms with E-state index in [4.69, 9.17) is 14.2 Å². The van der Waals surface area contributed by atoms with Crippen LogP contribution < -0.4 is 19.7 Å². The molecule has 1 fully saturated rings. The van der Waals surface area contributed by atoms with Gasteiger partial charge in [0.1, 0.15) is 0 Å². The van der Waals surface area contributed by atoms with Crippen molar-refractivity contribution in [3.05, 3.63) is 47.8 Å². The fourth-order valence-electron chi connectivity index (χ4n) is 2.76. The van der Waals surface area contributed by atoms with Crippen LogP contribution in [0, 0.1) is 0 Å². The smallest absolute Gasteiger partial charge is 0.244 e. The summed E-state index contributed by atoms with van der Waals surface area (Å²) in [5.74, 6) is 1.71. The highest BCUT2D eigenvalue weighted by molar-refractivity contribution is 5.91. The van der Waals surface area contributed by atoms with Gasteiger partial charge >= 0.3 is 0 Å². The molecule has 0 spiro atoms. The van der Waals surface area contributed by atoms with Crippen LogP contribution in [0.25, 0.3) is 6.08 Å². The molecule has 1 aromatic carbocycles. The van der Waals surface area contributed by atoms with Crippen molar-refractivity contribution >= 4 is 17.9 Å². The van der Waals surface area contributed by atoms with Crippen LogP contribution in [0.1, 0.15) is 11.3 Å². The highest BCUT2D eigenvalue weighted by atomic mass is 16.5. The van der Waals surface area contributed by atoms with Crippen LogP contribution in [0.4, 0.5) is 5.95 Å². The summed E-state index contributed by atoms with van der Waals surface area (Å²) in [4.78, 5) is 23.0. The van der Waals surface area contributed by atoms with Gasteiger partial charge in [0.15, 0.2) is 11.5 Å². The zero-order chi connectivity index (χ0) is 19.8. The number of benzene rings is 1. The van der Waals surface area contributed by atoms with Crippen LogP contribution in [-0.2, 0) is 16.1 Å². The first kappa shape index (κ1) is 19.6. The van der Waals surface area contributed by atoms with Gasteiger partial charge in [-0.25, -0.2) is 9.97 Å². The van der Waals surface area contributed by atoms with Crippen molar-refractivity contribution in [1.82, 2.24) is 15.3 Å². The number of rotatable bonds is 7. The van der Waals surface area contributed by atoms with E-state index in [1.54, 1.807) is 38.6 Å². The summed E-state index contributed by atoms with van der Waals surface area (Å²) < 4.78 is 15.8. The van der Waals surface area contributed by atoms with Gasteiger partial charge in [0.2, 0.25) is 11.9 Å². The topological polar surface area (TPSA) is 85.8 Å². The van der Waals surface area contributed by atoms with Crippen molar-refractivity contribution in [3.63, 3.8) is 0 Å². The molecule has 1 saturated heterocycles. The summed E-state index contributed by atoms with van der Waals surface area (Å²) in [5, 5.41) is 2.84. The Bertz CT molecular complexity index is 835. The number of hydrogen-bond acceptors (Lipinski definition) is 7. The van der Waals surface area contributed by atoms with Crippen LogP contribution in [0.5, 0.6) is 11.5 Å². The molecule has 148 valence electrons. The van der Waals surface area contributed by atoms with Crippen molar-refractivity contribution in [2.45, 2.75) is 6.54 Å². The van der Waals surface area contributed by atoms with Gasteiger partial charge in [0.05, 0.1) is 39.7 Å². The zero-order valence-corrected chi connectivity index (χ0v) is 16.1. The Morgan fingerprint density at radius 1 is 1.21 bits per heavy atom. The van der Waals surface area contributed by atoms with Crippen molar-refractivity contribution < 1.29 is 19.0 Å². The maximum absolute atomic E-state index is 12.1. The molecule has 1 N–H and O–H groups in total. The van der Waals surface area contributed by atoms with Gasteiger partial charge in [-0.2, -0.15) is 0 Å². The molecule has 0 unspecified atom stereocenters. The number of ether oxygens (including phenoxy) is 3. The lowest BCUT2D eigenvalue weighted by molar-refractivity contribution is -0.116. The highest BCUT2D eigenvalue weighted by Crippen LogP contribution is 2.27. The minimum atomic E-state index is -0.207. The maximum atomic E-state index is 12.1. The molecule has 1 aromatic heterocycles. The number of morpholine rings is 1. The lowest BCUT2D eigenvalue weighted by Crippen LogP contribution is -2.37. The Hall–Kier alpha value is -3.13. The molecule has 28 heavy (non-hydrogen) atoms. The average molecular weight is 384 g/mol. The summed E-state index contributed by atoms with van der Waals surface area (Å²) in [6.45, 7) is 3.21. The Labute approximate surface area is 164 Å². The van der Waals surface area contributed by atoms with E-state index in [0.29, 0.717) is 37.2 Å². The Morgan fingerprint density at radius 3 is 2.75 bits per heavy atom. The molecule has 1 aliphatic heterocycles. The second-order valence-electron chi connectivity index (χ2n) is 6.11. The molecule has 0 radical (unpaired) electrons. The Morgan fingerprint density at radius 2 is 2.00 bits per heavy atom. The van der Waals surface area contributed by atoms with Gasteiger partial charge in [-0.05, 0) is 29.8 Å². The Kier molecular flexibility index (Phi) is 6.80. The van der Waals surface area contributed by atoms with Gasteiger partial charge in [-0.3, -0.25) is 4.79 Å². The van der Waals surface area contributed by atoms with E-state index >= 15 is 0 Å². The third kappa shape index (κ3) is 5.20. The number of hydrogen-bond donors (Lipinski definition) is 1. The zero-order valence-electron chi connectivity index (χ0n) is 16.1. The van der Waals surface area contributed by atoms with Crippen LogP contribution >= 0.6 is 0 Å². The van der Waals surface area contributed by atoms with E-state index in [1.165, 1.54) is 6.08 Å². The van der Waals surface area contributed by atoms with E-state index in [2.05, 4.69) is 20.2 Å². The van der Waals surface area contributed by atoms with Gasteiger partial charge in [0, 0.05) is 25.4 Å². The largest absolute Gasteiger partial charge is 0.493 e. The molecular weight excluding hydrogens is 360 g/mol. The van der Waals surface area contributed by atoms with Crippen LogP contribution in [0.2, 0.25) is 0 Å². The first-order chi connectivity index (χ1) is 13.7. The number of nitrogens with one attached hydrogen (secondary N) is 1. The normalized spacial score (nSPS) is 14.1. The van der Waals surface area contributed by atoms with Crippen molar-refractivity contribution in [2.75, 3.05) is 45.4 Å². The fourth-order valence-corrected chi connectivity index (χ4v) is 2.76. The number of carbonyl (C=O) groups is 1. The molecular formula is C20H24N4O4. The molecule has 1 amide bonds. The van der Waals surface area contributed by atoms with Gasteiger partial charge in [-0.1, -0.05) is 6.07 Å². The van der Waals surface area contributed by atoms with E-state index in [0.717, 1.165) is 24.3 Å². The fraction of sp³-hybridized carbons (Fsp3) is 0.350. The molecule has 0 atom stereocenters. The quantitative estimate of drug-likeness (QED) is 0.727. The number of aromatic nitrogens is 2. The first-order valence-electron chi connectivity index (χ1n) is 9.02. The average Bonchev–Trinajstić information content (AvgIpc) is 2.76. The molecule has 3 rings (SSSR count). The van der Waals surface area contributed by atoms with Crippen LogP contribution in [0.15, 0.2) is 36.5 Å². The predicted octanol–water partition coefficient (Wildman–Crippen LogP) is 1.66. The van der Waals surface area contributed by atoms with Gasteiger partial charge in [0.25, 0.3) is 0 Å². The Balaban J connectivity index is 1.56. The van der Waals surface area contributed by atoms with E-state index < -0.39 is 0 Å². The van der Waals surface area contributed by atoms with Crippen molar-refractivity contribution in [1.29, 1.82) is 0 Å². The molecule has 8 nitrogen and oxygen atoms in total. The van der Waals surface area contributed by atoms with E-state index in [-0.39, 0.29) is 5.91 Å². The predicted molar refractivity (Wildman–Crippen MR) is 105 cm³/mol. The van der Waals surface area contributed by atoms with Crippen molar-refractivity contribution in [3.8, 4) is 11.5 Å². The lowest BCUT2D eigenvalue weighted by atomic mass is 10.2. The summed E-state index contributed by atoms with van der Waals surface area (Å²) in [5.41, 5.74) is 1.59. The summed E-state index contributed by atoms with van der Waals surface area (Å²) in [7, 11) is 3.16. The molecule has 0 aliphatic carbocycles. The molecule has 1 aliphatic rings. The number of carbonyl (C=O) groups excluding carboxylic acids is 1. The lowest BCUT2D eigenvalue weighted by Gasteiger charge is -2.26. The summed E-state index contributed by atoms with van der Waals surface area (Å²) in [6, 6.07) is 7.25. The molecule has 2 aromatic rings. The van der Waals surface area contributed by atoms with Gasteiger partial charge < -0.3 is 24.4 Å². The number of methoxy groups -OCH3 is 2. The molecule has 8 heteroatoms. The maximum Gasteiger partial charge on any atom is 0.244 e. The molecule has 0 saturated carbocycles. The second kappa shape index (κ2) is 9.70. The third-order valence-corrected chi connectivity index (χ3v) is 4.27. The third-order valence-electron chi connectivity index (χ3n) is 4.27. The van der Waals surface area contributed by atoms with E-state index in [1.807, 2.05) is 12.1 Å². The SMILES string of the molecule is COc1ccc(/C=C/C(=O)NCc2ccnc(N3CCOCC3)n2)cc1OC. The first-order valence-corrected chi connectivity index (χ1v) is 9.02. The number of nitrogens with zero attached hydrogens (tertiary/aromatic N) is 3. The summed E-state index contributed by atoms with van der Waals surface area (Å²) in [6.07, 6.45) is 4.90. The highest BCUT2D eigenvalue weighted by Gasteiger charge is 2.14.